The lowest BCUT2D eigenvalue weighted by atomic mass is 9.97. The molecule has 7 nitrogen and oxygen atoms in total. The number of carbonyl (C=O) groups excluding carboxylic acids is 2. The van der Waals surface area contributed by atoms with Gasteiger partial charge in [0.1, 0.15) is 0 Å². The highest BCUT2D eigenvalue weighted by Gasteiger charge is 2.30. The molecule has 1 amide bonds. The Morgan fingerprint density at radius 2 is 1.67 bits per heavy atom. The first kappa shape index (κ1) is 17.9. The predicted molar refractivity (Wildman–Crippen MR) is 86.7 cm³/mol. The number of carbonyl (C=O) groups is 2. The molecular formula is C17H23NO6. The molecule has 0 radical (unpaired) electrons. The maximum atomic E-state index is 12.8. The van der Waals surface area contributed by atoms with Gasteiger partial charge in [-0.25, -0.2) is 0 Å². The van der Waals surface area contributed by atoms with E-state index in [2.05, 4.69) is 0 Å². The van der Waals surface area contributed by atoms with Crippen LogP contribution in [-0.4, -0.2) is 58.3 Å². The van der Waals surface area contributed by atoms with E-state index in [0.717, 1.165) is 12.8 Å². The Morgan fingerprint density at radius 3 is 2.17 bits per heavy atom. The van der Waals surface area contributed by atoms with Gasteiger partial charge in [-0.05, 0) is 25.0 Å². The molecule has 0 aliphatic carbocycles. The van der Waals surface area contributed by atoms with Crippen LogP contribution in [0, 0.1) is 5.92 Å². The Bertz CT molecular complexity index is 590. The Balaban J connectivity index is 2.27. The molecule has 1 aliphatic heterocycles. The van der Waals surface area contributed by atoms with Crippen molar-refractivity contribution in [1.29, 1.82) is 0 Å². The van der Waals surface area contributed by atoms with Gasteiger partial charge in [-0.15, -0.1) is 0 Å². The minimum Gasteiger partial charge on any atom is -0.493 e. The van der Waals surface area contributed by atoms with Gasteiger partial charge in [-0.3, -0.25) is 9.59 Å². The smallest absolute Gasteiger partial charge is 0.310 e. The number of benzene rings is 1. The van der Waals surface area contributed by atoms with E-state index >= 15 is 0 Å². The average molecular weight is 337 g/mol. The molecule has 1 aromatic carbocycles. The van der Waals surface area contributed by atoms with E-state index in [9.17, 15) is 9.59 Å². The summed E-state index contributed by atoms with van der Waals surface area (Å²) in [5, 5.41) is 0. The first-order chi connectivity index (χ1) is 11.5. The molecule has 2 rings (SSSR count). The van der Waals surface area contributed by atoms with Crippen LogP contribution in [0.4, 0.5) is 0 Å². The van der Waals surface area contributed by atoms with Crippen LogP contribution in [0.1, 0.15) is 23.2 Å². The summed E-state index contributed by atoms with van der Waals surface area (Å²) in [5.41, 5.74) is 0.426. The Morgan fingerprint density at radius 1 is 1.04 bits per heavy atom. The second-order valence-electron chi connectivity index (χ2n) is 5.53. The molecule has 0 saturated carbocycles. The zero-order valence-electron chi connectivity index (χ0n) is 14.5. The van der Waals surface area contributed by atoms with Gasteiger partial charge in [0.05, 0.1) is 34.4 Å². The largest absolute Gasteiger partial charge is 0.493 e. The lowest BCUT2D eigenvalue weighted by Gasteiger charge is -2.31. The molecule has 1 saturated heterocycles. The first-order valence-electron chi connectivity index (χ1n) is 7.72. The van der Waals surface area contributed by atoms with Gasteiger partial charge in [-0.1, -0.05) is 0 Å². The number of amides is 1. The van der Waals surface area contributed by atoms with E-state index < -0.39 is 0 Å². The van der Waals surface area contributed by atoms with Gasteiger partial charge in [0.2, 0.25) is 5.75 Å². The summed E-state index contributed by atoms with van der Waals surface area (Å²) in [6.45, 7) is 0.950. The predicted octanol–water partition coefficient (Wildman–Crippen LogP) is 1.74. The summed E-state index contributed by atoms with van der Waals surface area (Å²) in [6, 6.07) is 3.23. The number of ether oxygens (including phenoxy) is 4. The first-order valence-corrected chi connectivity index (χ1v) is 7.72. The number of hydrogen-bond donors (Lipinski definition) is 0. The highest BCUT2D eigenvalue weighted by molar-refractivity contribution is 5.96. The van der Waals surface area contributed by atoms with Crippen LogP contribution in [-0.2, 0) is 9.53 Å². The topological polar surface area (TPSA) is 74.3 Å². The maximum Gasteiger partial charge on any atom is 0.310 e. The highest BCUT2D eigenvalue weighted by Crippen LogP contribution is 2.38. The lowest BCUT2D eigenvalue weighted by Crippen LogP contribution is -2.42. The average Bonchev–Trinajstić information content (AvgIpc) is 2.65. The van der Waals surface area contributed by atoms with Crippen LogP contribution in [0.5, 0.6) is 17.2 Å². The van der Waals surface area contributed by atoms with Crippen molar-refractivity contribution >= 4 is 11.9 Å². The lowest BCUT2D eigenvalue weighted by molar-refractivity contribution is -0.146. The third-order valence-corrected chi connectivity index (χ3v) is 4.15. The van der Waals surface area contributed by atoms with Crippen molar-refractivity contribution in [2.24, 2.45) is 5.92 Å². The minimum atomic E-state index is -0.283. The minimum absolute atomic E-state index is 0.178. The van der Waals surface area contributed by atoms with Crippen LogP contribution in [0.2, 0.25) is 0 Å². The molecule has 24 heavy (non-hydrogen) atoms. The molecule has 1 aliphatic rings. The summed E-state index contributed by atoms with van der Waals surface area (Å²) >= 11 is 0. The van der Waals surface area contributed by atoms with E-state index in [1.807, 2.05) is 0 Å². The summed E-state index contributed by atoms with van der Waals surface area (Å²) in [7, 11) is 5.87. The van der Waals surface area contributed by atoms with Crippen LogP contribution >= 0.6 is 0 Å². The number of nitrogens with zero attached hydrogens (tertiary/aromatic N) is 1. The van der Waals surface area contributed by atoms with Crippen LogP contribution in [0.3, 0.4) is 0 Å². The summed E-state index contributed by atoms with van der Waals surface area (Å²) in [6.07, 6.45) is 1.49. The van der Waals surface area contributed by atoms with Crippen molar-refractivity contribution < 1.29 is 28.5 Å². The second kappa shape index (κ2) is 7.90. The quantitative estimate of drug-likeness (QED) is 0.762. The molecule has 0 aromatic heterocycles. The van der Waals surface area contributed by atoms with E-state index in [1.165, 1.54) is 28.4 Å². The number of hydrogen-bond acceptors (Lipinski definition) is 6. The summed E-state index contributed by atoms with van der Waals surface area (Å²) < 4.78 is 20.6. The third-order valence-electron chi connectivity index (χ3n) is 4.15. The number of piperidine rings is 1. The van der Waals surface area contributed by atoms with Crippen molar-refractivity contribution in [3.63, 3.8) is 0 Å². The fourth-order valence-electron chi connectivity index (χ4n) is 2.91. The molecule has 1 atom stereocenters. The Labute approximate surface area is 141 Å². The van der Waals surface area contributed by atoms with Crippen LogP contribution < -0.4 is 14.2 Å². The SMILES string of the molecule is COC(=O)C1CCCN(C(=O)c2cc(OC)c(OC)c(OC)c2)C1. The number of rotatable bonds is 5. The number of esters is 1. The molecule has 1 fully saturated rings. The van der Waals surface area contributed by atoms with Crippen molar-refractivity contribution in [2.75, 3.05) is 41.5 Å². The van der Waals surface area contributed by atoms with Gasteiger partial charge in [0.15, 0.2) is 11.5 Å². The van der Waals surface area contributed by atoms with Crippen molar-refractivity contribution in [2.45, 2.75) is 12.8 Å². The standard InChI is InChI=1S/C17H23NO6/c1-21-13-8-12(9-14(22-2)15(13)23-3)16(19)18-7-5-6-11(10-18)17(20)24-4/h8-9,11H,5-7,10H2,1-4H3. The third kappa shape index (κ3) is 3.55. The van der Waals surface area contributed by atoms with Crippen LogP contribution in [0.15, 0.2) is 12.1 Å². The van der Waals surface area contributed by atoms with Crippen molar-refractivity contribution in [3.05, 3.63) is 17.7 Å². The molecule has 0 spiro atoms. The Hall–Kier alpha value is -2.44. The highest BCUT2D eigenvalue weighted by atomic mass is 16.5. The zero-order chi connectivity index (χ0) is 17.7. The van der Waals surface area contributed by atoms with E-state index in [1.54, 1.807) is 17.0 Å². The molecular weight excluding hydrogens is 314 g/mol. The molecule has 0 bridgehead atoms. The van der Waals surface area contributed by atoms with Crippen molar-refractivity contribution in [1.82, 2.24) is 4.90 Å². The molecule has 7 heteroatoms. The van der Waals surface area contributed by atoms with Crippen molar-refractivity contribution in [3.8, 4) is 17.2 Å². The Kier molecular flexibility index (Phi) is 5.89. The normalized spacial score (nSPS) is 17.2. The molecule has 1 heterocycles. The fourth-order valence-corrected chi connectivity index (χ4v) is 2.91. The van der Waals surface area contributed by atoms with E-state index in [-0.39, 0.29) is 17.8 Å². The van der Waals surface area contributed by atoms with E-state index in [0.29, 0.717) is 35.9 Å². The molecule has 1 aromatic rings. The number of methoxy groups -OCH3 is 4. The van der Waals surface area contributed by atoms with Gasteiger partial charge in [-0.2, -0.15) is 0 Å². The van der Waals surface area contributed by atoms with Gasteiger partial charge < -0.3 is 23.8 Å². The van der Waals surface area contributed by atoms with Gasteiger partial charge >= 0.3 is 5.97 Å². The van der Waals surface area contributed by atoms with Gasteiger partial charge in [0.25, 0.3) is 5.91 Å². The number of likely N-dealkylation sites (tertiary alicyclic amines) is 1. The molecule has 1 unspecified atom stereocenters. The monoisotopic (exact) mass is 337 g/mol. The second-order valence-corrected chi connectivity index (χ2v) is 5.53. The molecule has 0 N–H and O–H groups in total. The molecule has 132 valence electrons. The summed E-state index contributed by atoms with van der Waals surface area (Å²) in [5.74, 6) is 0.529. The maximum absolute atomic E-state index is 12.8. The van der Waals surface area contributed by atoms with Crippen LogP contribution in [0.25, 0.3) is 0 Å². The van der Waals surface area contributed by atoms with E-state index in [4.69, 9.17) is 18.9 Å². The summed E-state index contributed by atoms with van der Waals surface area (Å²) in [4.78, 5) is 26.2. The zero-order valence-corrected chi connectivity index (χ0v) is 14.5. The fraction of sp³-hybridized carbons (Fsp3) is 0.529. The van der Waals surface area contributed by atoms with Gasteiger partial charge in [0, 0.05) is 18.7 Å².